The molecule has 6 nitrogen and oxygen atoms in total. The summed E-state index contributed by atoms with van der Waals surface area (Å²) in [6, 6.07) is 14.3. The van der Waals surface area contributed by atoms with Crippen molar-refractivity contribution in [3.63, 3.8) is 0 Å². The highest BCUT2D eigenvalue weighted by molar-refractivity contribution is 9.10. The number of benzene rings is 2. The monoisotopic (exact) mass is 454 g/mol. The molecular weight excluding hydrogens is 436 g/mol. The minimum absolute atomic E-state index is 0.144. The first-order chi connectivity index (χ1) is 13.9. The van der Waals surface area contributed by atoms with Crippen LogP contribution in [0.5, 0.6) is 5.75 Å². The van der Waals surface area contributed by atoms with Crippen molar-refractivity contribution < 1.29 is 19.4 Å². The second kappa shape index (κ2) is 9.34. The molecule has 1 N–H and O–H groups in total. The Labute approximate surface area is 176 Å². The van der Waals surface area contributed by atoms with Gasteiger partial charge in [0.25, 0.3) is 0 Å². The molecule has 1 heterocycles. The number of hydrogen-bond donors (Lipinski definition) is 1. The SMILES string of the molecule is C[C@H](Oc1cccc(/C=C/Cn2ccnc2C(=O)c2ccc(Br)cc2)c1)C(=O)O. The van der Waals surface area contributed by atoms with Crippen LogP contribution in [0.2, 0.25) is 0 Å². The molecule has 0 radical (unpaired) electrons. The Balaban J connectivity index is 1.69. The molecule has 0 amide bonds. The Morgan fingerprint density at radius 3 is 2.72 bits per heavy atom. The zero-order valence-electron chi connectivity index (χ0n) is 15.7. The number of carbonyl (C=O) groups excluding carboxylic acids is 1. The van der Waals surface area contributed by atoms with Gasteiger partial charge in [-0.25, -0.2) is 9.78 Å². The van der Waals surface area contributed by atoms with Gasteiger partial charge in [-0.3, -0.25) is 4.79 Å². The van der Waals surface area contributed by atoms with Gasteiger partial charge in [-0.15, -0.1) is 0 Å². The van der Waals surface area contributed by atoms with Gasteiger partial charge in [0, 0.05) is 29.0 Å². The maximum absolute atomic E-state index is 12.7. The largest absolute Gasteiger partial charge is 0.479 e. The van der Waals surface area contributed by atoms with Gasteiger partial charge < -0.3 is 14.4 Å². The van der Waals surface area contributed by atoms with E-state index in [4.69, 9.17) is 9.84 Å². The van der Waals surface area contributed by atoms with Crippen LogP contribution in [0.3, 0.4) is 0 Å². The minimum Gasteiger partial charge on any atom is -0.479 e. The highest BCUT2D eigenvalue weighted by atomic mass is 79.9. The molecule has 0 bridgehead atoms. The van der Waals surface area contributed by atoms with E-state index >= 15 is 0 Å². The van der Waals surface area contributed by atoms with Gasteiger partial charge in [0.05, 0.1) is 0 Å². The quantitative estimate of drug-likeness (QED) is 0.508. The molecule has 7 heteroatoms. The molecule has 0 aliphatic rings. The fourth-order valence-electron chi connectivity index (χ4n) is 2.64. The van der Waals surface area contributed by atoms with E-state index < -0.39 is 12.1 Å². The van der Waals surface area contributed by atoms with E-state index in [2.05, 4.69) is 20.9 Å². The van der Waals surface area contributed by atoms with Gasteiger partial charge in [0.1, 0.15) is 5.75 Å². The molecule has 0 spiro atoms. The average molecular weight is 455 g/mol. The fourth-order valence-corrected chi connectivity index (χ4v) is 2.91. The molecule has 3 rings (SSSR count). The molecule has 0 aliphatic carbocycles. The van der Waals surface area contributed by atoms with Crippen LogP contribution in [0.25, 0.3) is 6.08 Å². The van der Waals surface area contributed by atoms with Crippen LogP contribution in [-0.2, 0) is 11.3 Å². The molecule has 1 atom stereocenters. The van der Waals surface area contributed by atoms with Crippen molar-refractivity contribution in [1.82, 2.24) is 9.55 Å². The van der Waals surface area contributed by atoms with Gasteiger partial charge in [0.15, 0.2) is 11.9 Å². The third kappa shape index (κ3) is 5.42. The first kappa shape index (κ1) is 20.5. The van der Waals surface area contributed by atoms with Gasteiger partial charge in [-0.1, -0.05) is 40.2 Å². The van der Waals surface area contributed by atoms with Crippen molar-refractivity contribution in [3.8, 4) is 5.75 Å². The topological polar surface area (TPSA) is 81.4 Å². The van der Waals surface area contributed by atoms with Crippen molar-refractivity contribution in [1.29, 1.82) is 0 Å². The number of rotatable bonds is 8. The van der Waals surface area contributed by atoms with E-state index in [-0.39, 0.29) is 5.78 Å². The van der Waals surface area contributed by atoms with Gasteiger partial charge >= 0.3 is 5.97 Å². The molecule has 3 aromatic rings. The Morgan fingerprint density at radius 2 is 2.00 bits per heavy atom. The summed E-state index contributed by atoms with van der Waals surface area (Å²) in [6.45, 7) is 1.95. The second-order valence-electron chi connectivity index (χ2n) is 6.31. The lowest BCUT2D eigenvalue weighted by molar-refractivity contribution is -0.144. The maximum atomic E-state index is 12.7. The maximum Gasteiger partial charge on any atom is 0.344 e. The molecule has 0 fully saturated rings. The zero-order valence-corrected chi connectivity index (χ0v) is 17.2. The second-order valence-corrected chi connectivity index (χ2v) is 7.23. The first-order valence-corrected chi connectivity index (χ1v) is 9.71. The number of carbonyl (C=O) groups is 2. The summed E-state index contributed by atoms with van der Waals surface area (Å²) in [6.07, 6.45) is 6.21. The van der Waals surface area contributed by atoms with Crippen LogP contribution in [0.1, 0.15) is 28.7 Å². The number of ketones is 1. The van der Waals surface area contributed by atoms with Crippen LogP contribution >= 0.6 is 15.9 Å². The van der Waals surface area contributed by atoms with Crippen LogP contribution in [0, 0.1) is 0 Å². The predicted molar refractivity (Wildman–Crippen MR) is 113 cm³/mol. The number of aromatic nitrogens is 2. The summed E-state index contributed by atoms with van der Waals surface area (Å²) in [5, 5.41) is 8.95. The third-order valence-corrected chi connectivity index (χ3v) is 4.68. The number of allylic oxidation sites excluding steroid dienone is 1. The van der Waals surface area contributed by atoms with Crippen LogP contribution in [-0.4, -0.2) is 32.5 Å². The van der Waals surface area contributed by atoms with E-state index in [1.54, 1.807) is 47.3 Å². The molecule has 2 aromatic carbocycles. The minimum atomic E-state index is -1.02. The van der Waals surface area contributed by atoms with Gasteiger partial charge in [0.2, 0.25) is 5.78 Å². The lowest BCUT2D eigenvalue weighted by atomic mass is 10.1. The van der Waals surface area contributed by atoms with Crippen molar-refractivity contribution in [3.05, 3.63) is 88.4 Å². The van der Waals surface area contributed by atoms with Crippen molar-refractivity contribution in [2.45, 2.75) is 19.6 Å². The normalized spacial score (nSPS) is 12.1. The third-order valence-electron chi connectivity index (χ3n) is 4.16. The highest BCUT2D eigenvalue weighted by Gasteiger charge is 2.14. The highest BCUT2D eigenvalue weighted by Crippen LogP contribution is 2.17. The number of imidazole rings is 1. The van der Waals surface area contributed by atoms with E-state index in [1.807, 2.05) is 30.4 Å². The standard InChI is InChI=1S/C22H19BrN2O4/c1-15(22(27)28)29-19-6-2-4-16(14-19)5-3-12-25-13-11-24-21(25)20(26)17-7-9-18(23)10-8-17/h2-11,13-15H,12H2,1H3,(H,27,28)/b5-3+/t15-/m0/s1. The Kier molecular flexibility index (Phi) is 6.61. The Morgan fingerprint density at radius 1 is 1.24 bits per heavy atom. The predicted octanol–water partition coefficient (Wildman–Crippen LogP) is 4.44. The lowest BCUT2D eigenvalue weighted by Gasteiger charge is -2.10. The Bertz CT molecular complexity index is 1040. The number of carboxylic acids is 1. The van der Waals surface area contributed by atoms with E-state index in [9.17, 15) is 9.59 Å². The summed E-state index contributed by atoms with van der Waals surface area (Å²) < 4.78 is 8.06. The summed E-state index contributed by atoms with van der Waals surface area (Å²) >= 11 is 3.36. The van der Waals surface area contributed by atoms with Crippen molar-refractivity contribution >= 4 is 33.8 Å². The number of carboxylic acid groups (broad SMARTS) is 1. The molecular formula is C22H19BrN2O4. The number of ether oxygens (including phenoxy) is 1. The molecule has 148 valence electrons. The lowest BCUT2D eigenvalue weighted by Crippen LogP contribution is -2.22. The number of aliphatic carboxylic acids is 1. The molecule has 0 unspecified atom stereocenters. The first-order valence-electron chi connectivity index (χ1n) is 8.91. The Hall–Kier alpha value is -3.19. The summed E-state index contributed by atoms with van der Waals surface area (Å²) in [4.78, 5) is 27.8. The van der Waals surface area contributed by atoms with Gasteiger partial charge in [-0.2, -0.15) is 0 Å². The fraction of sp³-hybridized carbons (Fsp3) is 0.136. The molecule has 1 aromatic heterocycles. The molecule has 0 saturated carbocycles. The van der Waals surface area contributed by atoms with E-state index in [1.165, 1.54) is 6.92 Å². The molecule has 0 saturated heterocycles. The van der Waals surface area contributed by atoms with Crippen LogP contribution in [0.15, 0.2) is 71.5 Å². The van der Waals surface area contributed by atoms with Crippen molar-refractivity contribution in [2.75, 3.05) is 0 Å². The summed E-state index contributed by atoms with van der Waals surface area (Å²) in [5.41, 5.74) is 1.43. The van der Waals surface area contributed by atoms with E-state index in [0.29, 0.717) is 23.7 Å². The average Bonchev–Trinajstić information content (AvgIpc) is 3.17. The van der Waals surface area contributed by atoms with Crippen molar-refractivity contribution in [2.24, 2.45) is 0 Å². The number of hydrogen-bond acceptors (Lipinski definition) is 4. The van der Waals surface area contributed by atoms with E-state index in [0.717, 1.165) is 10.0 Å². The van der Waals surface area contributed by atoms with Crippen LogP contribution in [0.4, 0.5) is 0 Å². The smallest absolute Gasteiger partial charge is 0.344 e. The molecule has 29 heavy (non-hydrogen) atoms. The molecule has 0 aliphatic heterocycles. The van der Waals surface area contributed by atoms with Gasteiger partial charge in [-0.05, 0) is 48.9 Å². The van der Waals surface area contributed by atoms with Crippen LogP contribution < -0.4 is 4.74 Å². The number of nitrogens with zero attached hydrogens (tertiary/aromatic N) is 2. The number of halogens is 1. The summed E-state index contributed by atoms with van der Waals surface area (Å²) in [7, 11) is 0. The summed E-state index contributed by atoms with van der Waals surface area (Å²) in [5.74, 6) is -0.317. The zero-order chi connectivity index (χ0) is 20.8.